The molecule has 0 aliphatic rings. The lowest BCUT2D eigenvalue weighted by molar-refractivity contribution is -0.119. The number of halogens is 2. The average Bonchev–Trinajstić information content (AvgIpc) is 3.11. The molecule has 0 bridgehead atoms. The van der Waals surface area contributed by atoms with Crippen molar-refractivity contribution in [3.8, 4) is 5.69 Å². The molecule has 0 saturated heterocycles. The van der Waals surface area contributed by atoms with E-state index in [0.29, 0.717) is 15.7 Å². The normalized spacial score (nSPS) is 12.0. The minimum atomic E-state index is -0.326. The van der Waals surface area contributed by atoms with Gasteiger partial charge in [0.1, 0.15) is 12.1 Å². The lowest BCUT2D eigenvalue weighted by atomic mass is 10.1. The molecule has 0 radical (unpaired) electrons. The molecule has 0 aliphatic heterocycles. The van der Waals surface area contributed by atoms with Crippen LogP contribution in [0.3, 0.4) is 0 Å². The van der Waals surface area contributed by atoms with Gasteiger partial charge in [-0.3, -0.25) is 9.36 Å². The van der Waals surface area contributed by atoms with E-state index in [1.54, 1.807) is 23.0 Å². The summed E-state index contributed by atoms with van der Waals surface area (Å²) in [5, 5.41) is 12.1. The highest BCUT2D eigenvalue weighted by atomic mass is 35.5. The van der Waals surface area contributed by atoms with Gasteiger partial charge in [0.05, 0.1) is 17.5 Å². The molecule has 1 unspecified atom stereocenters. The summed E-state index contributed by atoms with van der Waals surface area (Å²) in [6.45, 7) is 3.74. The zero-order chi connectivity index (χ0) is 19.4. The van der Waals surface area contributed by atoms with E-state index in [2.05, 4.69) is 15.5 Å². The molecular formula is C19H18ClFN4OS. The van der Waals surface area contributed by atoms with Crippen LogP contribution in [-0.4, -0.2) is 26.4 Å². The second kappa shape index (κ2) is 8.54. The van der Waals surface area contributed by atoms with Gasteiger partial charge < -0.3 is 5.32 Å². The van der Waals surface area contributed by atoms with E-state index in [0.717, 1.165) is 11.3 Å². The molecule has 3 rings (SSSR count). The number of aryl methyl sites for hydroxylation is 1. The first-order valence-electron chi connectivity index (χ1n) is 8.28. The first-order valence-corrected chi connectivity index (χ1v) is 9.64. The number of rotatable bonds is 6. The molecule has 3 aromatic rings. The maximum atomic E-state index is 13.3. The number of hydrogen-bond acceptors (Lipinski definition) is 4. The predicted octanol–water partition coefficient (Wildman–Crippen LogP) is 4.34. The molecule has 8 heteroatoms. The van der Waals surface area contributed by atoms with E-state index in [-0.39, 0.29) is 23.5 Å². The maximum Gasteiger partial charge on any atom is 0.230 e. The van der Waals surface area contributed by atoms with Crippen molar-refractivity contribution >= 4 is 29.3 Å². The lowest BCUT2D eigenvalue weighted by Gasteiger charge is -2.14. The summed E-state index contributed by atoms with van der Waals surface area (Å²) in [5.74, 6) is -0.334. The van der Waals surface area contributed by atoms with Gasteiger partial charge >= 0.3 is 0 Å². The third-order valence-corrected chi connectivity index (χ3v) is 5.36. The van der Waals surface area contributed by atoms with Crippen LogP contribution in [0.5, 0.6) is 0 Å². The number of aromatic nitrogens is 3. The molecule has 27 heavy (non-hydrogen) atoms. The van der Waals surface area contributed by atoms with Crippen LogP contribution in [-0.2, 0) is 4.79 Å². The van der Waals surface area contributed by atoms with Crippen LogP contribution in [0.1, 0.15) is 24.1 Å². The van der Waals surface area contributed by atoms with Crippen molar-refractivity contribution in [2.45, 2.75) is 25.0 Å². The van der Waals surface area contributed by atoms with Crippen molar-refractivity contribution < 1.29 is 9.18 Å². The van der Waals surface area contributed by atoms with Crippen LogP contribution in [0.25, 0.3) is 5.69 Å². The molecule has 1 atom stereocenters. The van der Waals surface area contributed by atoms with Gasteiger partial charge in [0.15, 0.2) is 5.16 Å². The smallest absolute Gasteiger partial charge is 0.230 e. The zero-order valence-electron chi connectivity index (χ0n) is 14.8. The maximum absolute atomic E-state index is 13.3. The second-order valence-electron chi connectivity index (χ2n) is 6.05. The molecule has 1 N–H and O–H groups in total. The predicted molar refractivity (Wildman–Crippen MR) is 105 cm³/mol. The Kier molecular flexibility index (Phi) is 6.13. The van der Waals surface area contributed by atoms with Crippen LogP contribution < -0.4 is 5.32 Å². The van der Waals surface area contributed by atoms with E-state index in [1.165, 1.54) is 23.9 Å². The molecule has 1 aromatic heterocycles. The largest absolute Gasteiger partial charge is 0.349 e. The van der Waals surface area contributed by atoms with Crippen molar-refractivity contribution in [2.75, 3.05) is 5.75 Å². The fraction of sp³-hybridized carbons (Fsp3) is 0.211. The highest BCUT2D eigenvalue weighted by Crippen LogP contribution is 2.24. The summed E-state index contributed by atoms with van der Waals surface area (Å²) in [7, 11) is 0. The third kappa shape index (κ3) is 4.87. The Morgan fingerprint density at radius 1 is 1.33 bits per heavy atom. The minimum absolute atomic E-state index is 0.165. The van der Waals surface area contributed by atoms with Gasteiger partial charge in [-0.2, -0.15) is 0 Å². The summed E-state index contributed by atoms with van der Waals surface area (Å²) in [4.78, 5) is 12.2. The second-order valence-corrected chi connectivity index (χ2v) is 7.40. The molecule has 0 aliphatic carbocycles. The third-order valence-electron chi connectivity index (χ3n) is 4.01. The van der Waals surface area contributed by atoms with Crippen molar-refractivity contribution in [3.63, 3.8) is 0 Å². The first-order chi connectivity index (χ1) is 12.9. The highest BCUT2D eigenvalue weighted by Gasteiger charge is 2.14. The average molecular weight is 405 g/mol. The van der Waals surface area contributed by atoms with Crippen LogP contribution in [0.2, 0.25) is 5.02 Å². The van der Waals surface area contributed by atoms with Gasteiger partial charge in [-0.05, 0) is 49.2 Å². The van der Waals surface area contributed by atoms with E-state index < -0.39 is 0 Å². The van der Waals surface area contributed by atoms with Crippen molar-refractivity contribution in [2.24, 2.45) is 0 Å². The van der Waals surface area contributed by atoms with Crippen LogP contribution in [0, 0.1) is 12.7 Å². The number of hydrogen-bond donors (Lipinski definition) is 1. The molecule has 0 saturated carbocycles. The highest BCUT2D eigenvalue weighted by molar-refractivity contribution is 7.99. The lowest BCUT2D eigenvalue weighted by Crippen LogP contribution is -2.28. The fourth-order valence-electron chi connectivity index (χ4n) is 2.50. The molecule has 5 nitrogen and oxygen atoms in total. The van der Waals surface area contributed by atoms with Gasteiger partial charge in [0.2, 0.25) is 5.91 Å². The molecule has 1 heterocycles. The van der Waals surface area contributed by atoms with E-state index in [4.69, 9.17) is 11.6 Å². The van der Waals surface area contributed by atoms with Crippen molar-refractivity contribution in [1.82, 2.24) is 20.1 Å². The monoisotopic (exact) mass is 404 g/mol. The van der Waals surface area contributed by atoms with Crippen LogP contribution >= 0.6 is 23.4 Å². The molecular weight excluding hydrogens is 387 g/mol. The Labute approximate surface area is 166 Å². The Hall–Kier alpha value is -2.38. The number of benzene rings is 2. The van der Waals surface area contributed by atoms with Crippen molar-refractivity contribution in [1.29, 1.82) is 0 Å². The standard InChI is InChI=1S/C19H18ClFN4OS/c1-12-6-7-16(9-17(12)20)25-11-22-24-19(25)27-10-18(26)23-13(2)14-4-3-5-15(21)8-14/h3-9,11,13H,10H2,1-2H3,(H,23,26). The molecule has 140 valence electrons. The van der Waals surface area contributed by atoms with E-state index in [1.807, 2.05) is 32.0 Å². The van der Waals surface area contributed by atoms with Crippen LogP contribution in [0.4, 0.5) is 4.39 Å². The van der Waals surface area contributed by atoms with Gasteiger partial charge in [-0.15, -0.1) is 10.2 Å². The Bertz CT molecular complexity index is 962. The van der Waals surface area contributed by atoms with Gasteiger partial charge in [0.25, 0.3) is 0 Å². The number of nitrogens with one attached hydrogen (secondary N) is 1. The fourth-order valence-corrected chi connectivity index (χ4v) is 3.42. The Morgan fingerprint density at radius 2 is 2.15 bits per heavy atom. The quantitative estimate of drug-likeness (QED) is 0.621. The summed E-state index contributed by atoms with van der Waals surface area (Å²) < 4.78 is 15.1. The molecule has 2 aromatic carbocycles. The Balaban J connectivity index is 1.63. The van der Waals surface area contributed by atoms with Gasteiger partial charge in [0, 0.05) is 5.02 Å². The summed E-state index contributed by atoms with van der Waals surface area (Å²) in [6.07, 6.45) is 1.58. The number of nitrogens with zero attached hydrogens (tertiary/aromatic N) is 3. The topological polar surface area (TPSA) is 59.8 Å². The first kappa shape index (κ1) is 19.4. The van der Waals surface area contributed by atoms with Crippen LogP contribution in [0.15, 0.2) is 53.9 Å². The van der Waals surface area contributed by atoms with E-state index >= 15 is 0 Å². The summed E-state index contributed by atoms with van der Waals surface area (Å²) in [5.41, 5.74) is 2.52. The SMILES string of the molecule is Cc1ccc(-n2cnnc2SCC(=O)NC(C)c2cccc(F)c2)cc1Cl. The molecule has 0 fully saturated rings. The number of carbonyl (C=O) groups is 1. The van der Waals surface area contributed by atoms with Gasteiger partial charge in [-0.25, -0.2) is 4.39 Å². The van der Waals surface area contributed by atoms with Crippen molar-refractivity contribution in [3.05, 3.63) is 70.8 Å². The van der Waals surface area contributed by atoms with E-state index in [9.17, 15) is 9.18 Å². The Morgan fingerprint density at radius 3 is 2.89 bits per heavy atom. The number of thioether (sulfide) groups is 1. The number of amides is 1. The minimum Gasteiger partial charge on any atom is -0.349 e. The summed E-state index contributed by atoms with van der Waals surface area (Å²) >= 11 is 7.45. The number of carbonyl (C=O) groups excluding carboxylic acids is 1. The molecule has 0 spiro atoms. The zero-order valence-corrected chi connectivity index (χ0v) is 16.4. The molecule has 1 amide bonds. The van der Waals surface area contributed by atoms with Gasteiger partial charge in [-0.1, -0.05) is 41.6 Å². The summed E-state index contributed by atoms with van der Waals surface area (Å²) in [6, 6.07) is 11.6.